The highest BCUT2D eigenvalue weighted by Gasteiger charge is 2.27. The smallest absolute Gasteiger partial charge is 0.225 e. The number of aromatic nitrogens is 1. The van der Waals surface area contributed by atoms with Gasteiger partial charge in [-0.15, -0.1) is 11.3 Å². The van der Waals surface area contributed by atoms with E-state index in [4.69, 9.17) is 0 Å². The zero-order chi connectivity index (χ0) is 22.8. The third-order valence-electron chi connectivity index (χ3n) is 7.19. The number of anilines is 2. The van der Waals surface area contributed by atoms with Crippen molar-refractivity contribution in [1.29, 1.82) is 0 Å². The fraction of sp³-hybridized carbons (Fsp3) is 0.481. The van der Waals surface area contributed by atoms with E-state index >= 15 is 0 Å². The summed E-state index contributed by atoms with van der Waals surface area (Å²) in [4.78, 5) is 23.8. The van der Waals surface area contributed by atoms with Crippen molar-refractivity contribution in [1.82, 2.24) is 10.3 Å². The lowest BCUT2D eigenvalue weighted by Crippen LogP contribution is -2.43. The molecule has 2 fully saturated rings. The van der Waals surface area contributed by atoms with Crippen LogP contribution in [-0.2, 0) is 11.3 Å². The van der Waals surface area contributed by atoms with E-state index in [9.17, 15) is 4.79 Å². The van der Waals surface area contributed by atoms with Crippen LogP contribution in [0, 0.1) is 18.8 Å². The maximum atomic E-state index is 13.0. The van der Waals surface area contributed by atoms with Crippen LogP contribution >= 0.6 is 11.3 Å². The van der Waals surface area contributed by atoms with Gasteiger partial charge in [0.25, 0.3) is 0 Å². The second kappa shape index (κ2) is 9.72. The second-order valence-corrected chi connectivity index (χ2v) is 11.0. The van der Waals surface area contributed by atoms with Crippen molar-refractivity contribution in [2.75, 3.05) is 36.0 Å². The molecule has 0 radical (unpaired) electrons. The molecular formula is C27H34N4OS. The highest BCUT2D eigenvalue weighted by Crippen LogP contribution is 2.33. The molecule has 4 heterocycles. The van der Waals surface area contributed by atoms with E-state index in [1.165, 1.54) is 33.5 Å². The summed E-state index contributed by atoms with van der Waals surface area (Å²) in [5.74, 6) is 2.02. The van der Waals surface area contributed by atoms with Gasteiger partial charge in [-0.25, -0.2) is 4.98 Å². The number of amides is 1. The molecule has 0 saturated carbocycles. The molecule has 2 aliphatic heterocycles. The normalized spacial score (nSPS) is 19.8. The number of piperidine rings is 2. The van der Waals surface area contributed by atoms with Crippen LogP contribution in [0.3, 0.4) is 0 Å². The average Bonchev–Trinajstić information content (AvgIpc) is 3.24. The number of nitrogens with zero attached hydrogens (tertiary/aromatic N) is 3. The minimum Gasteiger partial charge on any atom is -0.372 e. The molecule has 0 unspecified atom stereocenters. The SMILES string of the molecule is Cc1cc2c(N3CCC[C@@H](C(=O)NCc4ccc(N5CCC(C)CC5)cc4)C3)nccc2s1. The topological polar surface area (TPSA) is 48.5 Å². The number of nitrogens with one attached hydrogen (secondary N) is 1. The summed E-state index contributed by atoms with van der Waals surface area (Å²) < 4.78 is 1.27. The number of hydrogen-bond donors (Lipinski definition) is 1. The molecule has 174 valence electrons. The lowest BCUT2D eigenvalue weighted by atomic mass is 9.96. The first-order valence-corrected chi connectivity index (χ1v) is 13.1. The average molecular weight is 463 g/mol. The Kier molecular flexibility index (Phi) is 6.54. The molecule has 1 amide bonds. The molecule has 0 bridgehead atoms. The molecule has 1 atom stereocenters. The zero-order valence-corrected chi connectivity index (χ0v) is 20.5. The Morgan fingerprint density at radius 3 is 2.67 bits per heavy atom. The molecule has 6 heteroatoms. The number of thiophene rings is 1. The molecule has 5 nitrogen and oxygen atoms in total. The van der Waals surface area contributed by atoms with Crippen molar-refractivity contribution in [2.45, 2.75) is 46.1 Å². The Morgan fingerprint density at radius 2 is 1.88 bits per heavy atom. The molecule has 1 aromatic carbocycles. The first-order chi connectivity index (χ1) is 16.1. The maximum absolute atomic E-state index is 13.0. The number of benzene rings is 1. The van der Waals surface area contributed by atoms with Crippen LogP contribution in [0.25, 0.3) is 10.1 Å². The van der Waals surface area contributed by atoms with Gasteiger partial charge in [-0.3, -0.25) is 4.79 Å². The van der Waals surface area contributed by atoms with Crippen molar-refractivity contribution in [2.24, 2.45) is 11.8 Å². The highest BCUT2D eigenvalue weighted by atomic mass is 32.1. The molecular weight excluding hydrogens is 428 g/mol. The third-order valence-corrected chi connectivity index (χ3v) is 8.21. The van der Waals surface area contributed by atoms with Gasteiger partial charge in [0, 0.05) is 59.6 Å². The minimum absolute atomic E-state index is 0.00477. The number of fused-ring (bicyclic) bond motifs is 1. The van der Waals surface area contributed by atoms with Crippen LogP contribution in [0.1, 0.15) is 43.0 Å². The van der Waals surface area contributed by atoms with Crippen LogP contribution in [0.4, 0.5) is 11.5 Å². The van der Waals surface area contributed by atoms with E-state index in [2.05, 4.69) is 70.3 Å². The van der Waals surface area contributed by atoms with Gasteiger partial charge in [-0.1, -0.05) is 19.1 Å². The number of aryl methyl sites for hydroxylation is 1. The van der Waals surface area contributed by atoms with Crippen molar-refractivity contribution in [3.05, 3.63) is 53.0 Å². The number of rotatable bonds is 5. The summed E-state index contributed by atoms with van der Waals surface area (Å²) in [6, 6.07) is 13.0. The number of hydrogen-bond acceptors (Lipinski definition) is 5. The Hall–Kier alpha value is -2.60. The molecule has 0 spiro atoms. The minimum atomic E-state index is 0.00477. The van der Waals surface area contributed by atoms with Crippen molar-refractivity contribution >= 4 is 38.8 Å². The predicted molar refractivity (Wildman–Crippen MR) is 138 cm³/mol. The first-order valence-electron chi connectivity index (χ1n) is 12.3. The Balaban J connectivity index is 1.18. The fourth-order valence-electron chi connectivity index (χ4n) is 5.14. The van der Waals surface area contributed by atoms with Crippen molar-refractivity contribution in [3.63, 3.8) is 0 Å². The summed E-state index contributed by atoms with van der Waals surface area (Å²) in [5, 5.41) is 4.40. The number of carbonyl (C=O) groups is 1. The summed E-state index contributed by atoms with van der Waals surface area (Å²) in [7, 11) is 0. The molecule has 33 heavy (non-hydrogen) atoms. The maximum Gasteiger partial charge on any atom is 0.225 e. The van der Waals surface area contributed by atoms with Gasteiger partial charge in [0.15, 0.2) is 0 Å². The van der Waals surface area contributed by atoms with Crippen LogP contribution < -0.4 is 15.1 Å². The third kappa shape index (κ3) is 5.01. The van der Waals surface area contributed by atoms with Crippen LogP contribution in [-0.4, -0.2) is 37.1 Å². The van der Waals surface area contributed by atoms with E-state index < -0.39 is 0 Å². The molecule has 1 N–H and O–H groups in total. The number of carbonyl (C=O) groups excluding carboxylic acids is 1. The van der Waals surface area contributed by atoms with E-state index in [1.54, 1.807) is 11.3 Å². The molecule has 2 aromatic heterocycles. The standard InChI is InChI=1S/C27H34N4OS/c1-19-10-14-30(15-11-19)23-7-5-21(6-8-23)17-29-27(32)22-4-3-13-31(18-22)26-24-16-20(2)33-25(24)9-12-28-26/h5-9,12,16,19,22H,3-4,10-11,13-15,17-18H2,1-2H3,(H,29,32)/t22-/m1/s1. The Morgan fingerprint density at radius 1 is 1.09 bits per heavy atom. The summed E-state index contributed by atoms with van der Waals surface area (Å²) >= 11 is 1.80. The van der Waals surface area contributed by atoms with E-state index in [0.29, 0.717) is 6.54 Å². The second-order valence-electron chi connectivity index (χ2n) is 9.74. The quantitative estimate of drug-likeness (QED) is 0.553. The number of pyridine rings is 1. The van der Waals surface area contributed by atoms with E-state index in [1.807, 2.05) is 6.20 Å². The molecule has 2 saturated heterocycles. The van der Waals surface area contributed by atoms with Gasteiger partial charge in [-0.2, -0.15) is 0 Å². The molecule has 2 aliphatic rings. The van der Waals surface area contributed by atoms with Crippen LogP contribution in [0.15, 0.2) is 42.6 Å². The highest BCUT2D eigenvalue weighted by molar-refractivity contribution is 7.19. The summed E-state index contributed by atoms with van der Waals surface area (Å²) in [6.45, 7) is 9.05. The fourth-order valence-corrected chi connectivity index (χ4v) is 6.05. The van der Waals surface area contributed by atoms with Crippen LogP contribution in [0.2, 0.25) is 0 Å². The summed E-state index contributed by atoms with van der Waals surface area (Å²) in [6.07, 6.45) is 6.39. The van der Waals surface area contributed by atoms with Crippen molar-refractivity contribution in [3.8, 4) is 0 Å². The Bertz CT molecular complexity index is 1100. The van der Waals surface area contributed by atoms with E-state index in [-0.39, 0.29) is 11.8 Å². The lowest BCUT2D eigenvalue weighted by molar-refractivity contribution is -0.125. The first kappa shape index (κ1) is 22.2. The Labute approximate surface area is 200 Å². The molecule has 0 aliphatic carbocycles. The van der Waals surface area contributed by atoms with Gasteiger partial charge in [0.2, 0.25) is 5.91 Å². The largest absolute Gasteiger partial charge is 0.372 e. The zero-order valence-electron chi connectivity index (χ0n) is 19.7. The lowest BCUT2D eigenvalue weighted by Gasteiger charge is -2.33. The van der Waals surface area contributed by atoms with Gasteiger partial charge in [-0.05, 0) is 68.4 Å². The molecule has 3 aromatic rings. The van der Waals surface area contributed by atoms with E-state index in [0.717, 1.165) is 56.3 Å². The van der Waals surface area contributed by atoms with Crippen molar-refractivity contribution < 1.29 is 4.79 Å². The summed E-state index contributed by atoms with van der Waals surface area (Å²) in [5.41, 5.74) is 2.45. The van der Waals surface area contributed by atoms with Crippen LogP contribution in [0.5, 0.6) is 0 Å². The van der Waals surface area contributed by atoms with Gasteiger partial charge < -0.3 is 15.1 Å². The monoisotopic (exact) mass is 462 g/mol. The van der Waals surface area contributed by atoms with Gasteiger partial charge in [0.1, 0.15) is 5.82 Å². The predicted octanol–water partition coefficient (Wildman–Crippen LogP) is 5.37. The molecule has 5 rings (SSSR count). The van der Waals surface area contributed by atoms with Gasteiger partial charge in [0.05, 0.1) is 5.92 Å². The van der Waals surface area contributed by atoms with Gasteiger partial charge >= 0.3 is 0 Å².